The molecule has 0 heterocycles. The number of rotatable bonds is 51. The van der Waals surface area contributed by atoms with E-state index in [4.69, 9.17) is 9.47 Å². The van der Waals surface area contributed by atoms with Gasteiger partial charge in [0.05, 0.1) is 6.61 Å². The van der Waals surface area contributed by atoms with Crippen molar-refractivity contribution < 1.29 is 24.2 Å². The van der Waals surface area contributed by atoms with Crippen molar-refractivity contribution in [2.75, 3.05) is 13.2 Å². The second kappa shape index (κ2) is 54.9. The van der Waals surface area contributed by atoms with Gasteiger partial charge in [-0.05, 0) is 77.0 Å². The highest BCUT2D eigenvalue weighted by molar-refractivity contribution is 5.70. The number of allylic oxidation sites excluding steroid dienone is 10. The summed E-state index contributed by atoms with van der Waals surface area (Å²) in [4.78, 5) is 24.4. The molecule has 0 aromatic carbocycles. The molecule has 0 saturated heterocycles. The van der Waals surface area contributed by atoms with Gasteiger partial charge in [0.25, 0.3) is 0 Å². The van der Waals surface area contributed by atoms with Gasteiger partial charge in [0.15, 0.2) is 6.10 Å². The van der Waals surface area contributed by atoms with Gasteiger partial charge in [-0.25, -0.2) is 0 Å². The molecule has 0 radical (unpaired) electrons. The van der Waals surface area contributed by atoms with Crippen LogP contribution in [0.4, 0.5) is 0 Å². The van der Waals surface area contributed by atoms with E-state index in [1.165, 1.54) is 186 Å². The first kappa shape index (κ1) is 61.6. The van der Waals surface area contributed by atoms with Crippen LogP contribution in [0.25, 0.3) is 0 Å². The summed E-state index contributed by atoms with van der Waals surface area (Å²) >= 11 is 0. The lowest BCUT2D eigenvalue weighted by atomic mass is 10.0. The second-order valence-corrected chi connectivity index (χ2v) is 18.6. The molecule has 0 spiro atoms. The minimum atomic E-state index is -0.773. The largest absolute Gasteiger partial charge is 0.462 e. The molecule has 1 unspecified atom stereocenters. The molecule has 0 aliphatic rings. The Balaban J connectivity index is 3.39. The number of hydrogen-bond acceptors (Lipinski definition) is 5. The Bertz CT molecular complexity index is 1100. The minimum absolute atomic E-state index is 0.0671. The SMILES string of the molecule is CC/C=C\C/C=C\C/C=C\C/C=C\CCCCCCCCCCCCCCCCCCCCCCCCCCC(=O)OC(CO)COC(=O)CCCCCCC/C=C\CCCCCC. The average Bonchev–Trinajstić information content (AvgIpc) is 3.30. The molecule has 64 heavy (non-hydrogen) atoms. The zero-order valence-corrected chi connectivity index (χ0v) is 42.5. The zero-order chi connectivity index (χ0) is 46.3. The van der Waals surface area contributed by atoms with Gasteiger partial charge in [-0.2, -0.15) is 0 Å². The molecule has 0 amide bonds. The smallest absolute Gasteiger partial charge is 0.306 e. The predicted molar refractivity (Wildman–Crippen MR) is 279 cm³/mol. The molecule has 372 valence electrons. The van der Waals surface area contributed by atoms with E-state index in [0.29, 0.717) is 12.8 Å². The van der Waals surface area contributed by atoms with E-state index < -0.39 is 6.10 Å². The van der Waals surface area contributed by atoms with Gasteiger partial charge >= 0.3 is 11.9 Å². The maximum Gasteiger partial charge on any atom is 0.306 e. The van der Waals surface area contributed by atoms with Gasteiger partial charge in [-0.1, -0.05) is 254 Å². The van der Waals surface area contributed by atoms with Gasteiger partial charge in [0, 0.05) is 12.8 Å². The highest BCUT2D eigenvalue weighted by Gasteiger charge is 2.16. The third-order valence-electron chi connectivity index (χ3n) is 12.3. The van der Waals surface area contributed by atoms with Crippen LogP contribution in [0.2, 0.25) is 0 Å². The van der Waals surface area contributed by atoms with E-state index in [1.807, 2.05) is 0 Å². The number of aliphatic hydroxyl groups is 1. The lowest BCUT2D eigenvalue weighted by Gasteiger charge is -2.15. The standard InChI is InChI=1S/C59H106O5/c1-3-5-7-9-11-13-15-17-18-19-20-21-22-23-24-25-26-27-28-29-30-31-32-33-34-35-36-37-38-39-40-42-44-46-48-50-52-54-59(62)64-57(55-60)56-63-58(61)53-51-49-47-45-43-41-16-14-12-10-8-6-4-2/h5,7,11,13-14,16-18,20-21,57,60H,3-4,6,8-10,12,15,19,22-56H2,1-2H3/b7-5-,13-11-,16-14-,18-17-,21-20-. The van der Waals surface area contributed by atoms with Crippen LogP contribution in [0.3, 0.4) is 0 Å². The molecule has 0 aliphatic heterocycles. The first-order valence-corrected chi connectivity index (χ1v) is 27.8. The zero-order valence-electron chi connectivity index (χ0n) is 42.5. The van der Waals surface area contributed by atoms with Gasteiger partial charge in [0.1, 0.15) is 6.61 Å². The molecule has 1 atom stereocenters. The summed E-state index contributed by atoms with van der Waals surface area (Å²) in [5.74, 6) is -0.590. The van der Waals surface area contributed by atoms with Crippen molar-refractivity contribution in [1.29, 1.82) is 0 Å². The normalized spacial score (nSPS) is 12.6. The second-order valence-electron chi connectivity index (χ2n) is 18.6. The van der Waals surface area contributed by atoms with Crippen LogP contribution in [0.1, 0.15) is 284 Å². The molecule has 0 aromatic heterocycles. The molecular formula is C59H106O5. The summed E-state index contributed by atoms with van der Waals surface area (Å²) in [6, 6.07) is 0. The number of carbonyl (C=O) groups is 2. The highest BCUT2D eigenvalue weighted by atomic mass is 16.6. The molecule has 5 nitrogen and oxygen atoms in total. The summed E-state index contributed by atoms with van der Waals surface area (Å²) in [5.41, 5.74) is 0. The first-order valence-electron chi connectivity index (χ1n) is 27.8. The molecule has 0 rings (SSSR count). The molecule has 5 heteroatoms. The van der Waals surface area contributed by atoms with Crippen LogP contribution < -0.4 is 0 Å². The van der Waals surface area contributed by atoms with Crippen molar-refractivity contribution in [3.63, 3.8) is 0 Å². The van der Waals surface area contributed by atoms with Gasteiger partial charge < -0.3 is 14.6 Å². The fraction of sp³-hybridized carbons (Fsp3) is 0.797. The van der Waals surface area contributed by atoms with Crippen molar-refractivity contribution in [1.82, 2.24) is 0 Å². The first-order chi connectivity index (χ1) is 31.6. The van der Waals surface area contributed by atoms with Crippen molar-refractivity contribution in [3.05, 3.63) is 60.8 Å². The van der Waals surface area contributed by atoms with E-state index in [2.05, 4.69) is 74.6 Å². The Morgan fingerprint density at radius 2 is 0.672 bits per heavy atom. The molecule has 0 fully saturated rings. The Labute approximate surface area is 398 Å². The number of unbranched alkanes of at least 4 members (excludes halogenated alkanes) is 33. The van der Waals surface area contributed by atoms with E-state index in [1.54, 1.807) is 0 Å². The quantitative estimate of drug-likeness (QED) is 0.0374. The number of esters is 2. The Morgan fingerprint density at radius 1 is 0.375 bits per heavy atom. The fourth-order valence-electron chi connectivity index (χ4n) is 8.13. The van der Waals surface area contributed by atoms with E-state index >= 15 is 0 Å². The van der Waals surface area contributed by atoms with Crippen LogP contribution >= 0.6 is 0 Å². The van der Waals surface area contributed by atoms with Crippen LogP contribution in [-0.4, -0.2) is 36.4 Å². The fourth-order valence-corrected chi connectivity index (χ4v) is 8.13. The minimum Gasteiger partial charge on any atom is -0.462 e. The Morgan fingerprint density at radius 3 is 1.03 bits per heavy atom. The maximum absolute atomic E-state index is 12.3. The molecule has 0 bridgehead atoms. The number of ether oxygens (including phenoxy) is 2. The van der Waals surface area contributed by atoms with Gasteiger partial charge in [-0.3, -0.25) is 9.59 Å². The van der Waals surface area contributed by atoms with Crippen molar-refractivity contribution in [2.45, 2.75) is 290 Å². The van der Waals surface area contributed by atoms with Crippen LogP contribution in [-0.2, 0) is 19.1 Å². The molecule has 0 saturated carbocycles. The lowest BCUT2D eigenvalue weighted by molar-refractivity contribution is -0.161. The van der Waals surface area contributed by atoms with Crippen LogP contribution in [0, 0.1) is 0 Å². The Hall–Kier alpha value is -2.40. The molecule has 0 aliphatic carbocycles. The monoisotopic (exact) mass is 895 g/mol. The maximum atomic E-state index is 12.3. The van der Waals surface area contributed by atoms with E-state index in [9.17, 15) is 14.7 Å². The van der Waals surface area contributed by atoms with Crippen LogP contribution in [0.15, 0.2) is 60.8 Å². The summed E-state index contributed by atoms with van der Waals surface area (Å²) in [7, 11) is 0. The number of aliphatic hydroxyl groups excluding tert-OH is 1. The number of hydrogen-bond donors (Lipinski definition) is 1. The lowest BCUT2D eigenvalue weighted by Crippen LogP contribution is -2.28. The van der Waals surface area contributed by atoms with Crippen molar-refractivity contribution >= 4 is 11.9 Å². The topological polar surface area (TPSA) is 72.8 Å². The third-order valence-corrected chi connectivity index (χ3v) is 12.3. The van der Waals surface area contributed by atoms with Gasteiger partial charge in [-0.15, -0.1) is 0 Å². The average molecular weight is 895 g/mol. The molecule has 0 aromatic rings. The molecular weight excluding hydrogens is 789 g/mol. The van der Waals surface area contributed by atoms with Crippen LogP contribution in [0.5, 0.6) is 0 Å². The van der Waals surface area contributed by atoms with E-state index in [0.717, 1.165) is 70.6 Å². The summed E-state index contributed by atoms with van der Waals surface area (Å²) < 4.78 is 10.7. The van der Waals surface area contributed by atoms with Crippen molar-refractivity contribution in [3.8, 4) is 0 Å². The van der Waals surface area contributed by atoms with Gasteiger partial charge in [0.2, 0.25) is 0 Å². The highest BCUT2D eigenvalue weighted by Crippen LogP contribution is 2.17. The summed E-state index contributed by atoms with van der Waals surface area (Å²) in [6.45, 7) is 4.02. The Kier molecular flexibility index (Phi) is 52.9. The summed E-state index contributed by atoms with van der Waals surface area (Å²) in [6.07, 6.45) is 73.6. The summed E-state index contributed by atoms with van der Waals surface area (Å²) in [5, 5.41) is 9.61. The van der Waals surface area contributed by atoms with E-state index in [-0.39, 0.29) is 25.2 Å². The number of carbonyl (C=O) groups excluding carboxylic acids is 2. The van der Waals surface area contributed by atoms with Crippen molar-refractivity contribution in [2.24, 2.45) is 0 Å². The predicted octanol–water partition coefficient (Wildman–Crippen LogP) is 18.6. The third kappa shape index (κ3) is 52.2. The molecule has 1 N–H and O–H groups in total.